The highest BCUT2D eigenvalue weighted by molar-refractivity contribution is 7.13. The molecular weight excluding hydrogens is 262 g/mol. The summed E-state index contributed by atoms with van der Waals surface area (Å²) in [6.45, 7) is 2.11. The Morgan fingerprint density at radius 2 is 2.21 bits per heavy atom. The maximum absolute atomic E-state index is 11.8. The summed E-state index contributed by atoms with van der Waals surface area (Å²) in [6, 6.07) is -0.0303. The predicted molar refractivity (Wildman–Crippen MR) is 76.5 cm³/mol. The van der Waals surface area contributed by atoms with Gasteiger partial charge in [-0.25, -0.2) is 9.78 Å². The zero-order valence-electron chi connectivity index (χ0n) is 11.2. The van der Waals surface area contributed by atoms with E-state index in [0.29, 0.717) is 5.13 Å². The molecule has 6 heteroatoms. The number of thiazole rings is 1. The van der Waals surface area contributed by atoms with Crippen LogP contribution in [0.2, 0.25) is 0 Å². The minimum Gasteiger partial charge on any atom is -0.393 e. The van der Waals surface area contributed by atoms with E-state index in [0.717, 1.165) is 44.2 Å². The maximum Gasteiger partial charge on any atom is 0.321 e. The Morgan fingerprint density at radius 1 is 1.47 bits per heavy atom. The van der Waals surface area contributed by atoms with Crippen molar-refractivity contribution in [3.63, 3.8) is 0 Å². The number of hydrogen-bond donors (Lipinski definition) is 3. The number of carbonyl (C=O) groups excluding carboxylic acids is 1. The Balaban J connectivity index is 1.77. The van der Waals surface area contributed by atoms with Crippen molar-refractivity contribution in [3.05, 3.63) is 11.1 Å². The van der Waals surface area contributed by atoms with Gasteiger partial charge in [-0.15, -0.1) is 11.3 Å². The van der Waals surface area contributed by atoms with Crippen LogP contribution in [0.25, 0.3) is 0 Å². The highest BCUT2D eigenvalue weighted by Gasteiger charge is 2.20. The maximum atomic E-state index is 11.8. The van der Waals surface area contributed by atoms with Crippen LogP contribution in [0.4, 0.5) is 9.93 Å². The number of aryl methyl sites for hydroxylation is 1. The van der Waals surface area contributed by atoms with Gasteiger partial charge in [0.25, 0.3) is 0 Å². The lowest BCUT2D eigenvalue weighted by molar-refractivity contribution is 0.118. The predicted octanol–water partition coefficient (Wildman–Crippen LogP) is 2.52. The Labute approximate surface area is 117 Å². The van der Waals surface area contributed by atoms with Gasteiger partial charge in [0.15, 0.2) is 5.13 Å². The SMILES string of the molecule is CCCc1csc(NC(=O)NC2CCC(O)CC2)n1. The van der Waals surface area contributed by atoms with E-state index in [9.17, 15) is 9.90 Å². The number of aliphatic hydroxyl groups excluding tert-OH is 1. The fraction of sp³-hybridized carbons (Fsp3) is 0.692. The van der Waals surface area contributed by atoms with Crippen molar-refractivity contribution < 1.29 is 9.90 Å². The third-order valence-electron chi connectivity index (χ3n) is 3.31. The summed E-state index contributed by atoms with van der Waals surface area (Å²) in [5, 5.41) is 17.8. The molecule has 0 radical (unpaired) electrons. The number of carbonyl (C=O) groups is 1. The molecule has 0 aromatic carbocycles. The minimum atomic E-state index is -0.198. The normalized spacial score (nSPS) is 23.1. The van der Waals surface area contributed by atoms with Crippen molar-refractivity contribution in [2.75, 3.05) is 5.32 Å². The fourth-order valence-corrected chi connectivity index (χ4v) is 3.01. The van der Waals surface area contributed by atoms with Crippen molar-refractivity contribution >= 4 is 22.5 Å². The number of urea groups is 1. The molecule has 106 valence electrons. The molecule has 0 atom stereocenters. The highest BCUT2D eigenvalue weighted by Crippen LogP contribution is 2.19. The summed E-state index contributed by atoms with van der Waals surface area (Å²) in [7, 11) is 0. The van der Waals surface area contributed by atoms with Crippen LogP contribution in [0.15, 0.2) is 5.38 Å². The molecule has 0 spiro atoms. The minimum absolute atomic E-state index is 0.165. The third-order valence-corrected chi connectivity index (χ3v) is 4.12. The molecule has 0 saturated heterocycles. The molecule has 0 unspecified atom stereocenters. The number of rotatable bonds is 4. The molecule has 2 rings (SSSR count). The summed E-state index contributed by atoms with van der Waals surface area (Å²) in [6.07, 6.45) is 5.02. The summed E-state index contributed by atoms with van der Waals surface area (Å²) < 4.78 is 0. The van der Waals surface area contributed by atoms with Gasteiger partial charge in [0.1, 0.15) is 0 Å². The van der Waals surface area contributed by atoms with Crippen molar-refractivity contribution in [1.82, 2.24) is 10.3 Å². The second kappa shape index (κ2) is 6.86. The largest absolute Gasteiger partial charge is 0.393 e. The highest BCUT2D eigenvalue weighted by atomic mass is 32.1. The molecule has 5 nitrogen and oxygen atoms in total. The Morgan fingerprint density at radius 3 is 2.89 bits per heavy atom. The molecule has 1 aliphatic rings. The topological polar surface area (TPSA) is 74.2 Å². The molecule has 0 aliphatic heterocycles. The number of nitrogens with zero attached hydrogens (tertiary/aromatic N) is 1. The van der Waals surface area contributed by atoms with Crippen LogP contribution in [0.3, 0.4) is 0 Å². The fourth-order valence-electron chi connectivity index (χ4n) is 2.27. The lowest BCUT2D eigenvalue weighted by Gasteiger charge is -2.25. The molecule has 3 N–H and O–H groups in total. The molecular formula is C13H21N3O2S. The van der Waals surface area contributed by atoms with E-state index in [1.165, 1.54) is 11.3 Å². The van der Waals surface area contributed by atoms with Gasteiger partial charge in [-0.2, -0.15) is 0 Å². The molecule has 1 fully saturated rings. The monoisotopic (exact) mass is 283 g/mol. The first-order valence-corrected chi connectivity index (χ1v) is 7.75. The first kappa shape index (κ1) is 14.3. The molecule has 2 amide bonds. The van der Waals surface area contributed by atoms with E-state index in [-0.39, 0.29) is 18.2 Å². The molecule has 19 heavy (non-hydrogen) atoms. The van der Waals surface area contributed by atoms with Crippen LogP contribution >= 0.6 is 11.3 Å². The van der Waals surface area contributed by atoms with Gasteiger partial charge in [-0.1, -0.05) is 13.3 Å². The van der Waals surface area contributed by atoms with Gasteiger partial charge in [-0.05, 0) is 32.1 Å². The van der Waals surface area contributed by atoms with Gasteiger partial charge >= 0.3 is 6.03 Å². The van der Waals surface area contributed by atoms with E-state index in [1.807, 2.05) is 5.38 Å². The summed E-state index contributed by atoms with van der Waals surface area (Å²) in [5.74, 6) is 0. The second-order valence-corrected chi connectivity index (χ2v) is 5.86. The first-order chi connectivity index (χ1) is 9.17. The van der Waals surface area contributed by atoms with Gasteiger partial charge < -0.3 is 10.4 Å². The van der Waals surface area contributed by atoms with E-state index in [2.05, 4.69) is 22.5 Å². The average Bonchev–Trinajstić information content (AvgIpc) is 2.80. The second-order valence-electron chi connectivity index (χ2n) is 5.00. The van der Waals surface area contributed by atoms with Crippen molar-refractivity contribution in [1.29, 1.82) is 0 Å². The van der Waals surface area contributed by atoms with E-state index in [4.69, 9.17) is 0 Å². The number of nitrogens with one attached hydrogen (secondary N) is 2. The molecule has 0 bridgehead atoms. The quantitative estimate of drug-likeness (QED) is 0.795. The van der Waals surface area contributed by atoms with Crippen molar-refractivity contribution in [2.24, 2.45) is 0 Å². The van der Waals surface area contributed by atoms with Crippen LogP contribution in [0, 0.1) is 0 Å². The number of aromatic nitrogens is 1. The molecule has 1 aromatic heterocycles. The number of aliphatic hydroxyl groups is 1. The van der Waals surface area contributed by atoms with Crippen molar-refractivity contribution in [3.8, 4) is 0 Å². The smallest absolute Gasteiger partial charge is 0.321 e. The van der Waals surface area contributed by atoms with Gasteiger partial charge in [-0.3, -0.25) is 5.32 Å². The van der Waals surface area contributed by atoms with E-state index < -0.39 is 0 Å². The van der Waals surface area contributed by atoms with E-state index >= 15 is 0 Å². The number of anilines is 1. The number of hydrogen-bond acceptors (Lipinski definition) is 4. The lowest BCUT2D eigenvalue weighted by atomic mass is 9.93. The van der Waals surface area contributed by atoms with Crippen LogP contribution in [0.5, 0.6) is 0 Å². The van der Waals surface area contributed by atoms with Gasteiger partial charge in [0.05, 0.1) is 11.8 Å². The number of amides is 2. The molecule has 1 saturated carbocycles. The zero-order chi connectivity index (χ0) is 13.7. The Kier molecular flexibility index (Phi) is 5.15. The molecule has 1 aliphatic carbocycles. The summed E-state index contributed by atoms with van der Waals surface area (Å²) >= 11 is 1.46. The van der Waals surface area contributed by atoms with Crippen LogP contribution in [0.1, 0.15) is 44.7 Å². The van der Waals surface area contributed by atoms with Crippen LogP contribution in [-0.2, 0) is 6.42 Å². The van der Waals surface area contributed by atoms with E-state index in [1.54, 1.807) is 0 Å². The zero-order valence-corrected chi connectivity index (χ0v) is 12.0. The van der Waals surface area contributed by atoms with Crippen molar-refractivity contribution in [2.45, 2.75) is 57.6 Å². The van der Waals surface area contributed by atoms with Gasteiger partial charge in [0.2, 0.25) is 0 Å². The Hall–Kier alpha value is -1.14. The average molecular weight is 283 g/mol. The van der Waals surface area contributed by atoms with Gasteiger partial charge in [0, 0.05) is 11.4 Å². The molecule has 1 aromatic rings. The lowest BCUT2D eigenvalue weighted by Crippen LogP contribution is -2.40. The third kappa shape index (κ3) is 4.47. The Bertz CT molecular complexity index is 414. The van der Waals surface area contributed by atoms with Crippen LogP contribution < -0.4 is 10.6 Å². The standard InChI is InChI=1S/C13H21N3O2S/c1-2-3-10-8-19-13(15-10)16-12(18)14-9-4-6-11(17)7-5-9/h8-9,11,17H,2-7H2,1H3,(H2,14,15,16,18). The summed E-state index contributed by atoms with van der Waals surface area (Å²) in [4.78, 5) is 16.2. The molecule has 1 heterocycles. The first-order valence-electron chi connectivity index (χ1n) is 6.87. The van der Waals surface area contributed by atoms with Crippen LogP contribution in [-0.4, -0.2) is 28.3 Å². The summed E-state index contributed by atoms with van der Waals surface area (Å²) in [5.41, 5.74) is 1.03.